The van der Waals surface area contributed by atoms with Crippen molar-refractivity contribution in [2.75, 3.05) is 26.4 Å². The van der Waals surface area contributed by atoms with Crippen LogP contribution in [0.1, 0.15) is 53.5 Å². The van der Waals surface area contributed by atoms with E-state index in [9.17, 15) is 14.7 Å². The molecule has 0 saturated carbocycles. The number of benzene rings is 1. The van der Waals surface area contributed by atoms with Crippen molar-refractivity contribution in [2.45, 2.75) is 65.2 Å². The second-order valence-electron chi connectivity index (χ2n) is 10.6. The number of piperidine rings is 1. The van der Waals surface area contributed by atoms with Crippen LogP contribution in [-0.2, 0) is 19.7 Å². The van der Waals surface area contributed by atoms with Gasteiger partial charge in [0, 0.05) is 30.1 Å². The highest BCUT2D eigenvalue weighted by atomic mass is 35.5. The number of urea groups is 1. The van der Waals surface area contributed by atoms with Crippen molar-refractivity contribution in [1.82, 2.24) is 15.5 Å². The molecule has 0 aliphatic carbocycles. The first-order valence-corrected chi connectivity index (χ1v) is 12.9. The van der Waals surface area contributed by atoms with Gasteiger partial charge < -0.3 is 34.8 Å². The summed E-state index contributed by atoms with van der Waals surface area (Å²) in [7, 11) is -0.692. The molecule has 1 heterocycles. The van der Waals surface area contributed by atoms with Crippen LogP contribution in [0.2, 0.25) is 5.02 Å². The zero-order chi connectivity index (χ0) is 26.4. The Labute approximate surface area is 214 Å². The van der Waals surface area contributed by atoms with Crippen molar-refractivity contribution in [2.24, 2.45) is 11.3 Å². The van der Waals surface area contributed by atoms with Crippen LogP contribution in [0.15, 0.2) is 24.3 Å². The van der Waals surface area contributed by atoms with Crippen molar-refractivity contribution in [3.05, 3.63) is 34.9 Å². The third kappa shape index (κ3) is 7.75. The predicted molar refractivity (Wildman–Crippen MR) is 137 cm³/mol. The van der Waals surface area contributed by atoms with Crippen LogP contribution in [0, 0.1) is 11.3 Å². The number of carbonyl (C=O) groups is 2. The van der Waals surface area contributed by atoms with Gasteiger partial charge in [0.15, 0.2) is 15.8 Å². The lowest BCUT2D eigenvalue weighted by Crippen LogP contribution is -2.62. The van der Waals surface area contributed by atoms with E-state index in [0.717, 1.165) is 5.56 Å². The van der Waals surface area contributed by atoms with Crippen molar-refractivity contribution in [3.63, 3.8) is 0 Å². The Hall–Kier alpha value is -1.48. The van der Waals surface area contributed by atoms with Crippen LogP contribution in [0.4, 0.5) is 4.79 Å². The summed E-state index contributed by atoms with van der Waals surface area (Å²) in [6.07, 6.45) is 0.487. The summed E-state index contributed by atoms with van der Waals surface area (Å²) < 4.78 is 11.4. The summed E-state index contributed by atoms with van der Waals surface area (Å²) in [5.41, 5.74) is -1.47. The number of halogens is 1. The monoisotopic (exact) mass is 531 g/mol. The number of ether oxygens (including phenoxy) is 1. The van der Waals surface area contributed by atoms with Crippen LogP contribution < -0.4 is 10.6 Å². The van der Waals surface area contributed by atoms with Crippen LogP contribution in [-0.4, -0.2) is 64.9 Å². The second-order valence-corrected chi connectivity index (χ2v) is 11.5. The zero-order valence-corrected chi connectivity index (χ0v) is 23.1. The van der Waals surface area contributed by atoms with E-state index in [1.165, 1.54) is 0 Å². The van der Waals surface area contributed by atoms with E-state index < -0.39 is 37.7 Å². The van der Waals surface area contributed by atoms with E-state index in [1.54, 1.807) is 30.9 Å². The number of nitrogens with one attached hydrogen (secondary N) is 2. The summed E-state index contributed by atoms with van der Waals surface area (Å²) in [5.74, 6) is -0.319. The Balaban J connectivity index is 2.23. The summed E-state index contributed by atoms with van der Waals surface area (Å²) in [4.78, 5) is 36.8. The third-order valence-corrected chi connectivity index (χ3v) is 6.86. The van der Waals surface area contributed by atoms with E-state index >= 15 is 0 Å². The smallest absolute Gasteiger partial charge is 0.315 e. The maximum atomic E-state index is 13.5. The molecule has 2 rings (SSSR count). The topological polar surface area (TPSA) is 120 Å². The number of likely N-dealkylation sites (tertiary alicyclic amines) is 1. The van der Waals surface area contributed by atoms with Gasteiger partial charge in [0.25, 0.3) is 0 Å². The van der Waals surface area contributed by atoms with Gasteiger partial charge in [-0.05, 0) is 43.9 Å². The molecule has 1 aliphatic heterocycles. The number of hydrogen-bond acceptors (Lipinski definition) is 6. The molecule has 0 spiro atoms. The standard InChI is InChI=1S/C24H39ClN3O6P/c1-16(2)19(27-21(30)26-13-23(5,6)31)20(29)28-12-11-24(22(3,4)14-28,33-15-34-35-32)17-7-9-18(25)10-8-17/h7-10,16,19,31-32,35H,11-15H2,1-6H3,(H2,26,27,30)/t19-,24+/m1/s1. The molecule has 11 heteroatoms. The predicted octanol–water partition coefficient (Wildman–Crippen LogP) is 3.38. The minimum atomic E-state index is -1.06. The fourth-order valence-corrected chi connectivity index (χ4v) is 4.70. The maximum Gasteiger partial charge on any atom is 0.315 e. The number of carbonyl (C=O) groups excluding carboxylic acids is 2. The van der Waals surface area contributed by atoms with Gasteiger partial charge in [-0.15, -0.1) is 0 Å². The molecular weight excluding hydrogens is 493 g/mol. The first-order valence-electron chi connectivity index (χ1n) is 11.7. The number of rotatable bonds is 10. The fourth-order valence-electron chi connectivity index (χ4n) is 4.46. The summed E-state index contributed by atoms with van der Waals surface area (Å²) in [5, 5.41) is 15.8. The minimum Gasteiger partial charge on any atom is -0.389 e. The van der Waals surface area contributed by atoms with Gasteiger partial charge in [-0.25, -0.2) is 4.79 Å². The van der Waals surface area contributed by atoms with Crippen LogP contribution in [0.5, 0.6) is 0 Å². The maximum absolute atomic E-state index is 13.5. The van der Waals surface area contributed by atoms with Crippen LogP contribution >= 0.6 is 20.6 Å². The lowest BCUT2D eigenvalue weighted by molar-refractivity contribution is -0.200. The van der Waals surface area contributed by atoms with Gasteiger partial charge in [0.05, 0.1) is 5.60 Å². The highest BCUT2D eigenvalue weighted by Gasteiger charge is 2.52. The molecule has 1 aromatic carbocycles. The fraction of sp³-hybridized carbons (Fsp3) is 0.667. The Kier molecular flexibility index (Phi) is 10.3. The molecule has 3 amide bonds. The Morgan fingerprint density at radius 1 is 1.26 bits per heavy atom. The quantitative estimate of drug-likeness (QED) is 0.209. The molecule has 35 heavy (non-hydrogen) atoms. The van der Waals surface area contributed by atoms with Gasteiger partial charge in [-0.1, -0.05) is 51.4 Å². The first-order chi connectivity index (χ1) is 16.2. The highest BCUT2D eigenvalue weighted by molar-refractivity contribution is 7.24. The van der Waals surface area contributed by atoms with Crippen molar-refractivity contribution in [3.8, 4) is 0 Å². The second kappa shape index (κ2) is 12.2. The molecule has 1 aromatic rings. The highest BCUT2D eigenvalue weighted by Crippen LogP contribution is 2.49. The molecule has 198 valence electrons. The average molecular weight is 532 g/mol. The van der Waals surface area contributed by atoms with Crippen molar-refractivity contribution < 1.29 is 28.8 Å². The minimum absolute atomic E-state index is 0.0615. The third-order valence-electron chi connectivity index (χ3n) is 6.37. The molecule has 1 fully saturated rings. The lowest BCUT2D eigenvalue weighted by Gasteiger charge is -2.53. The van der Waals surface area contributed by atoms with E-state index in [0.29, 0.717) is 24.5 Å². The zero-order valence-electron chi connectivity index (χ0n) is 21.4. The molecule has 9 nitrogen and oxygen atoms in total. The molecule has 0 aromatic heterocycles. The summed E-state index contributed by atoms with van der Waals surface area (Å²) >= 11 is 6.11. The SMILES string of the molecule is CC(C)[C@@H](NC(=O)NCC(C)(C)O)C(=O)N1CC[C@](OCOPO)(c2ccc(Cl)cc2)C(C)(C)C1. The number of nitrogens with zero attached hydrogens (tertiary/aromatic N) is 1. The van der Waals surface area contributed by atoms with Crippen LogP contribution in [0.3, 0.4) is 0 Å². The molecule has 4 N–H and O–H groups in total. The van der Waals surface area contributed by atoms with E-state index in [1.807, 2.05) is 39.8 Å². The van der Waals surface area contributed by atoms with E-state index in [-0.39, 0.29) is 25.2 Å². The van der Waals surface area contributed by atoms with Crippen molar-refractivity contribution in [1.29, 1.82) is 0 Å². The average Bonchev–Trinajstić information content (AvgIpc) is 2.76. The number of aliphatic hydroxyl groups is 1. The normalized spacial score (nSPS) is 21.4. The summed E-state index contributed by atoms with van der Waals surface area (Å²) in [6.45, 7) is 11.7. The molecule has 3 atom stereocenters. The largest absolute Gasteiger partial charge is 0.389 e. The Morgan fingerprint density at radius 2 is 1.89 bits per heavy atom. The summed E-state index contributed by atoms with van der Waals surface area (Å²) in [6, 6.07) is 6.19. The Bertz CT molecular complexity index is 862. The van der Waals surface area contributed by atoms with Gasteiger partial charge in [-0.2, -0.15) is 0 Å². The molecule has 0 radical (unpaired) electrons. The van der Waals surface area contributed by atoms with Gasteiger partial charge in [-0.3, -0.25) is 4.79 Å². The molecule has 1 saturated heterocycles. The Morgan fingerprint density at radius 3 is 2.40 bits per heavy atom. The number of hydrogen-bond donors (Lipinski definition) is 4. The molecule has 1 aliphatic rings. The van der Waals surface area contributed by atoms with Crippen molar-refractivity contribution >= 4 is 32.6 Å². The first kappa shape index (κ1) is 29.7. The lowest BCUT2D eigenvalue weighted by atomic mass is 9.66. The van der Waals surface area contributed by atoms with Gasteiger partial charge in [0.2, 0.25) is 5.91 Å². The van der Waals surface area contributed by atoms with E-state index in [4.69, 9.17) is 25.8 Å². The molecule has 1 unspecified atom stereocenters. The van der Waals surface area contributed by atoms with Crippen LogP contribution in [0.25, 0.3) is 0 Å². The van der Waals surface area contributed by atoms with Gasteiger partial charge >= 0.3 is 6.03 Å². The van der Waals surface area contributed by atoms with E-state index in [2.05, 4.69) is 10.6 Å². The number of amides is 3. The van der Waals surface area contributed by atoms with Gasteiger partial charge in [0.1, 0.15) is 11.6 Å². The molecule has 0 bridgehead atoms. The molecular formula is C24H39ClN3O6P.